The van der Waals surface area contributed by atoms with Crippen LogP contribution in [0.4, 0.5) is 0 Å². The Labute approximate surface area is 137 Å². The molecule has 2 aromatic carbocycles. The van der Waals surface area contributed by atoms with Gasteiger partial charge in [-0.2, -0.15) is 0 Å². The van der Waals surface area contributed by atoms with Gasteiger partial charge in [-0.25, -0.2) is 0 Å². The quantitative estimate of drug-likeness (QED) is 0.750. The lowest BCUT2D eigenvalue weighted by atomic mass is 10.1. The first-order valence-electron chi connectivity index (χ1n) is 8.11. The second-order valence-electron chi connectivity index (χ2n) is 6.28. The minimum Gasteiger partial charge on any atom is -0.489 e. The molecule has 0 amide bonds. The first-order valence-corrected chi connectivity index (χ1v) is 8.11. The largest absolute Gasteiger partial charge is 0.489 e. The van der Waals surface area contributed by atoms with E-state index < -0.39 is 0 Å². The van der Waals surface area contributed by atoms with Gasteiger partial charge in [-0.15, -0.1) is 0 Å². The fourth-order valence-electron chi connectivity index (χ4n) is 3.01. The van der Waals surface area contributed by atoms with Crippen molar-refractivity contribution in [1.82, 2.24) is 4.57 Å². The molecule has 120 valence electrons. The summed E-state index contributed by atoms with van der Waals surface area (Å²) < 4.78 is 8.30. The molecule has 0 atom stereocenters. The number of rotatable bonds is 5. The van der Waals surface area contributed by atoms with Crippen molar-refractivity contribution < 1.29 is 4.74 Å². The van der Waals surface area contributed by atoms with Crippen LogP contribution >= 0.6 is 0 Å². The van der Waals surface area contributed by atoms with Crippen molar-refractivity contribution in [2.24, 2.45) is 5.73 Å². The molecule has 3 nitrogen and oxygen atoms in total. The van der Waals surface area contributed by atoms with Crippen molar-refractivity contribution in [3.8, 4) is 5.75 Å². The zero-order valence-electron chi connectivity index (χ0n) is 14.0. The van der Waals surface area contributed by atoms with Crippen LogP contribution in [0.25, 0.3) is 10.9 Å². The molecular formula is C20H24N2O. The number of benzene rings is 2. The van der Waals surface area contributed by atoms with Gasteiger partial charge in [0.2, 0.25) is 0 Å². The molecule has 0 aliphatic heterocycles. The van der Waals surface area contributed by atoms with Crippen LogP contribution in [0, 0.1) is 6.92 Å². The number of nitrogens with zero attached hydrogens (tertiary/aromatic N) is 1. The summed E-state index contributed by atoms with van der Waals surface area (Å²) in [5, 5.41) is 1.23. The average molecular weight is 308 g/mol. The number of hydrogen-bond donors (Lipinski definition) is 1. The number of hydrogen-bond acceptors (Lipinski definition) is 2. The van der Waals surface area contributed by atoms with E-state index in [0.29, 0.717) is 19.2 Å². The predicted octanol–water partition coefficient (Wildman–Crippen LogP) is 4.57. The molecule has 3 rings (SSSR count). The van der Waals surface area contributed by atoms with Crippen LogP contribution in [0.15, 0.2) is 48.7 Å². The monoisotopic (exact) mass is 308 g/mol. The zero-order chi connectivity index (χ0) is 16.4. The summed E-state index contributed by atoms with van der Waals surface area (Å²) >= 11 is 0. The van der Waals surface area contributed by atoms with Crippen LogP contribution in [0.2, 0.25) is 0 Å². The Kier molecular flexibility index (Phi) is 4.39. The van der Waals surface area contributed by atoms with Gasteiger partial charge in [0.05, 0.1) is 5.52 Å². The molecule has 23 heavy (non-hydrogen) atoms. The van der Waals surface area contributed by atoms with Crippen LogP contribution in [0.3, 0.4) is 0 Å². The van der Waals surface area contributed by atoms with E-state index in [2.05, 4.69) is 61.9 Å². The van der Waals surface area contributed by atoms with E-state index in [1.54, 1.807) is 0 Å². The minimum absolute atomic E-state index is 0.387. The Bertz CT molecular complexity index is 818. The van der Waals surface area contributed by atoms with Crippen LogP contribution in [-0.4, -0.2) is 4.57 Å². The standard InChI is InChI=1S/C20H24N2O/c1-14(2)22-12-17(13-23-18-8-4-6-15(3)10-18)19-9-5-7-16(11-21)20(19)22/h4-10,12,14H,11,13,21H2,1-3H3. The minimum atomic E-state index is 0.387. The SMILES string of the molecule is Cc1cccc(OCc2cn(C(C)C)c3c(CN)cccc23)c1. The third-order valence-corrected chi connectivity index (χ3v) is 4.18. The Hall–Kier alpha value is -2.26. The molecule has 0 bridgehead atoms. The Morgan fingerprint density at radius 1 is 1.09 bits per heavy atom. The van der Waals surface area contributed by atoms with Gasteiger partial charge in [-0.05, 0) is 44.0 Å². The zero-order valence-corrected chi connectivity index (χ0v) is 14.0. The van der Waals surface area contributed by atoms with Gasteiger partial charge in [-0.3, -0.25) is 0 Å². The van der Waals surface area contributed by atoms with E-state index in [9.17, 15) is 0 Å². The number of para-hydroxylation sites is 1. The summed E-state index contributed by atoms with van der Waals surface area (Å²) in [6.07, 6.45) is 2.20. The summed E-state index contributed by atoms with van der Waals surface area (Å²) in [6.45, 7) is 7.57. The van der Waals surface area contributed by atoms with Gasteiger partial charge >= 0.3 is 0 Å². The van der Waals surface area contributed by atoms with Gasteiger partial charge < -0.3 is 15.0 Å². The van der Waals surface area contributed by atoms with E-state index in [4.69, 9.17) is 10.5 Å². The molecule has 0 unspecified atom stereocenters. The first-order chi connectivity index (χ1) is 11.1. The second-order valence-corrected chi connectivity index (χ2v) is 6.28. The summed E-state index contributed by atoms with van der Waals surface area (Å²) in [5.41, 5.74) is 10.7. The van der Waals surface area contributed by atoms with Crippen LogP contribution < -0.4 is 10.5 Å². The summed E-state index contributed by atoms with van der Waals surface area (Å²) in [7, 11) is 0. The molecule has 1 aromatic heterocycles. The molecule has 0 saturated heterocycles. The Balaban J connectivity index is 1.98. The lowest BCUT2D eigenvalue weighted by Crippen LogP contribution is -2.03. The molecule has 2 N–H and O–H groups in total. The number of ether oxygens (including phenoxy) is 1. The maximum Gasteiger partial charge on any atom is 0.120 e. The number of nitrogens with two attached hydrogens (primary N) is 1. The second kappa shape index (κ2) is 6.47. The molecule has 0 fully saturated rings. The third-order valence-electron chi connectivity index (χ3n) is 4.18. The molecule has 0 aliphatic carbocycles. The maximum absolute atomic E-state index is 6.00. The highest BCUT2D eigenvalue weighted by atomic mass is 16.5. The van der Waals surface area contributed by atoms with Crippen molar-refractivity contribution in [2.75, 3.05) is 0 Å². The van der Waals surface area contributed by atoms with Crippen molar-refractivity contribution in [3.63, 3.8) is 0 Å². The topological polar surface area (TPSA) is 40.2 Å². The predicted molar refractivity (Wildman–Crippen MR) is 95.7 cm³/mol. The average Bonchev–Trinajstić information content (AvgIpc) is 2.92. The lowest BCUT2D eigenvalue weighted by molar-refractivity contribution is 0.307. The molecule has 3 heteroatoms. The van der Waals surface area contributed by atoms with Gasteiger partial charge in [0.25, 0.3) is 0 Å². The molecule has 0 spiro atoms. The van der Waals surface area contributed by atoms with E-state index in [1.165, 1.54) is 27.6 Å². The number of fused-ring (bicyclic) bond motifs is 1. The summed E-state index contributed by atoms with van der Waals surface area (Å²) in [5.74, 6) is 0.908. The van der Waals surface area contributed by atoms with Crippen LogP contribution in [0.5, 0.6) is 5.75 Å². The summed E-state index contributed by atoms with van der Waals surface area (Å²) in [4.78, 5) is 0. The van der Waals surface area contributed by atoms with Crippen molar-refractivity contribution >= 4 is 10.9 Å². The highest BCUT2D eigenvalue weighted by Crippen LogP contribution is 2.28. The van der Waals surface area contributed by atoms with Crippen molar-refractivity contribution in [3.05, 3.63) is 65.4 Å². The van der Waals surface area contributed by atoms with Gasteiger partial charge in [0, 0.05) is 29.7 Å². The third kappa shape index (κ3) is 3.10. The molecule has 3 aromatic rings. The van der Waals surface area contributed by atoms with Gasteiger partial charge in [0.15, 0.2) is 0 Å². The van der Waals surface area contributed by atoms with Gasteiger partial charge in [-0.1, -0.05) is 30.3 Å². The fraction of sp³-hybridized carbons (Fsp3) is 0.300. The van der Waals surface area contributed by atoms with Crippen molar-refractivity contribution in [1.29, 1.82) is 0 Å². The molecule has 0 saturated carbocycles. The molecule has 0 radical (unpaired) electrons. The number of aromatic nitrogens is 1. The normalized spacial score (nSPS) is 11.3. The van der Waals surface area contributed by atoms with E-state index in [0.717, 1.165) is 5.75 Å². The number of aryl methyl sites for hydroxylation is 1. The Morgan fingerprint density at radius 3 is 2.57 bits per heavy atom. The van der Waals surface area contributed by atoms with Gasteiger partial charge in [0.1, 0.15) is 12.4 Å². The van der Waals surface area contributed by atoms with E-state index >= 15 is 0 Å². The highest BCUT2D eigenvalue weighted by molar-refractivity contribution is 5.87. The fourth-order valence-corrected chi connectivity index (χ4v) is 3.01. The highest BCUT2D eigenvalue weighted by Gasteiger charge is 2.13. The lowest BCUT2D eigenvalue weighted by Gasteiger charge is -2.11. The Morgan fingerprint density at radius 2 is 1.87 bits per heavy atom. The van der Waals surface area contributed by atoms with E-state index in [-0.39, 0.29) is 0 Å². The first kappa shape index (κ1) is 15.6. The van der Waals surface area contributed by atoms with E-state index in [1.807, 2.05) is 12.1 Å². The molecular weight excluding hydrogens is 284 g/mol. The maximum atomic E-state index is 6.00. The summed E-state index contributed by atoms with van der Waals surface area (Å²) in [6, 6.07) is 14.9. The van der Waals surface area contributed by atoms with Crippen LogP contribution in [-0.2, 0) is 13.2 Å². The molecule has 0 aliphatic rings. The van der Waals surface area contributed by atoms with Crippen LogP contribution in [0.1, 0.15) is 36.6 Å². The van der Waals surface area contributed by atoms with Crippen molar-refractivity contribution in [2.45, 2.75) is 40.0 Å². The molecule has 1 heterocycles. The smallest absolute Gasteiger partial charge is 0.120 e.